The molecule has 0 aliphatic carbocycles. The fourth-order valence-electron chi connectivity index (χ4n) is 1.73. The van der Waals surface area contributed by atoms with Gasteiger partial charge in [0, 0.05) is 5.92 Å². The largest absolute Gasteiger partial charge is 0.339 e. The predicted molar refractivity (Wildman–Crippen MR) is 68.7 cm³/mol. The maximum absolute atomic E-state index is 6.25. The molecule has 1 rings (SSSR count). The summed E-state index contributed by atoms with van der Waals surface area (Å²) in [6.07, 6.45) is 5.75. The lowest BCUT2D eigenvalue weighted by atomic mass is 9.94. The molecule has 1 heterocycles. The number of hydrogen-bond acceptors (Lipinski definition) is 4. The number of nitrogens with zero attached hydrogens (tertiary/aromatic N) is 2. The number of rotatable bonds is 7. The highest BCUT2D eigenvalue weighted by Gasteiger charge is 2.27. The Morgan fingerprint density at radius 1 is 1.29 bits per heavy atom. The van der Waals surface area contributed by atoms with Crippen molar-refractivity contribution in [1.29, 1.82) is 0 Å². The third-order valence-corrected chi connectivity index (χ3v) is 3.00. The van der Waals surface area contributed by atoms with Crippen LogP contribution in [0, 0.1) is 0 Å². The fourth-order valence-corrected chi connectivity index (χ4v) is 1.73. The van der Waals surface area contributed by atoms with E-state index in [1.165, 1.54) is 19.3 Å². The van der Waals surface area contributed by atoms with Crippen molar-refractivity contribution < 1.29 is 4.52 Å². The SMILES string of the molecule is CCCCCCC(C)(N)c1noc(C(C)C)n1. The molecule has 0 aromatic carbocycles. The molecule has 98 valence electrons. The van der Waals surface area contributed by atoms with Crippen molar-refractivity contribution in [1.82, 2.24) is 10.1 Å². The lowest BCUT2D eigenvalue weighted by molar-refractivity contribution is 0.336. The molecule has 0 saturated carbocycles. The minimum absolute atomic E-state index is 0.257. The van der Waals surface area contributed by atoms with E-state index in [0.717, 1.165) is 12.8 Å². The van der Waals surface area contributed by atoms with E-state index in [0.29, 0.717) is 11.7 Å². The summed E-state index contributed by atoms with van der Waals surface area (Å²) in [6, 6.07) is 0. The molecule has 0 radical (unpaired) electrons. The van der Waals surface area contributed by atoms with Crippen LogP contribution in [0.4, 0.5) is 0 Å². The van der Waals surface area contributed by atoms with Gasteiger partial charge in [-0.05, 0) is 13.3 Å². The molecular formula is C13H25N3O. The van der Waals surface area contributed by atoms with Crippen molar-refractivity contribution in [3.8, 4) is 0 Å². The molecule has 0 bridgehead atoms. The van der Waals surface area contributed by atoms with Crippen LogP contribution in [0.15, 0.2) is 4.52 Å². The Kier molecular flexibility index (Phi) is 5.12. The van der Waals surface area contributed by atoms with Crippen LogP contribution in [-0.4, -0.2) is 10.1 Å². The molecule has 1 aromatic rings. The van der Waals surface area contributed by atoms with E-state index < -0.39 is 5.54 Å². The highest BCUT2D eigenvalue weighted by atomic mass is 16.5. The van der Waals surface area contributed by atoms with Gasteiger partial charge in [-0.3, -0.25) is 0 Å². The summed E-state index contributed by atoms with van der Waals surface area (Å²) >= 11 is 0. The normalized spacial score (nSPS) is 15.2. The minimum Gasteiger partial charge on any atom is -0.339 e. The van der Waals surface area contributed by atoms with Crippen molar-refractivity contribution in [2.75, 3.05) is 0 Å². The molecule has 0 saturated heterocycles. The van der Waals surface area contributed by atoms with Crippen LogP contribution in [0.2, 0.25) is 0 Å². The summed E-state index contributed by atoms with van der Waals surface area (Å²) < 4.78 is 5.20. The molecule has 17 heavy (non-hydrogen) atoms. The number of aromatic nitrogens is 2. The van der Waals surface area contributed by atoms with E-state index in [1.807, 2.05) is 20.8 Å². The molecule has 0 amide bonds. The molecule has 4 nitrogen and oxygen atoms in total. The highest BCUT2D eigenvalue weighted by Crippen LogP contribution is 2.23. The third kappa shape index (κ3) is 4.11. The molecule has 2 N–H and O–H groups in total. The van der Waals surface area contributed by atoms with Crippen LogP contribution < -0.4 is 5.73 Å². The monoisotopic (exact) mass is 239 g/mol. The van der Waals surface area contributed by atoms with Crippen molar-refractivity contribution in [3.63, 3.8) is 0 Å². The van der Waals surface area contributed by atoms with Crippen molar-refractivity contribution in [3.05, 3.63) is 11.7 Å². The summed E-state index contributed by atoms with van der Waals surface area (Å²) in [5, 5.41) is 4.00. The lowest BCUT2D eigenvalue weighted by Gasteiger charge is -2.20. The number of hydrogen-bond donors (Lipinski definition) is 1. The Labute approximate surface area is 104 Å². The summed E-state index contributed by atoms with van der Waals surface area (Å²) in [4.78, 5) is 4.38. The molecule has 4 heteroatoms. The van der Waals surface area contributed by atoms with Gasteiger partial charge in [-0.1, -0.05) is 51.6 Å². The van der Waals surface area contributed by atoms with Gasteiger partial charge in [0.25, 0.3) is 0 Å². The van der Waals surface area contributed by atoms with E-state index >= 15 is 0 Å². The minimum atomic E-state index is -0.468. The fraction of sp³-hybridized carbons (Fsp3) is 0.846. The average Bonchev–Trinajstić information content (AvgIpc) is 2.74. The zero-order chi connectivity index (χ0) is 12.9. The van der Waals surface area contributed by atoms with Crippen LogP contribution >= 0.6 is 0 Å². The molecule has 1 atom stereocenters. The Bertz CT molecular complexity index is 331. The van der Waals surface area contributed by atoms with Gasteiger partial charge >= 0.3 is 0 Å². The second-order valence-electron chi connectivity index (χ2n) is 5.34. The molecule has 0 spiro atoms. The maximum Gasteiger partial charge on any atom is 0.229 e. The van der Waals surface area contributed by atoms with Crippen LogP contribution in [0.1, 0.15) is 77.4 Å². The van der Waals surface area contributed by atoms with Gasteiger partial charge in [0.05, 0.1) is 5.54 Å². The second-order valence-corrected chi connectivity index (χ2v) is 5.34. The van der Waals surface area contributed by atoms with Gasteiger partial charge in [0.2, 0.25) is 5.89 Å². The zero-order valence-electron chi connectivity index (χ0n) is 11.5. The molecule has 0 aliphatic heterocycles. The summed E-state index contributed by atoms with van der Waals surface area (Å²) in [7, 11) is 0. The Balaban J connectivity index is 2.55. The quantitative estimate of drug-likeness (QED) is 0.741. The molecule has 1 unspecified atom stereocenters. The topological polar surface area (TPSA) is 64.9 Å². The first-order valence-corrected chi connectivity index (χ1v) is 6.60. The second kappa shape index (κ2) is 6.15. The number of unbranched alkanes of at least 4 members (excludes halogenated alkanes) is 3. The first-order chi connectivity index (χ1) is 7.97. The maximum atomic E-state index is 6.25. The van der Waals surface area contributed by atoms with E-state index in [1.54, 1.807) is 0 Å². The lowest BCUT2D eigenvalue weighted by Crippen LogP contribution is -2.34. The van der Waals surface area contributed by atoms with Gasteiger partial charge in [0.15, 0.2) is 5.82 Å². The van der Waals surface area contributed by atoms with Gasteiger partial charge in [-0.25, -0.2) is 0 Å². The summed E-state index contributed by atoms with van der Waals surface area (Å²) in [5.41, 5.74) is 5.78. The van der Waals surface area contributed by atoms with Crippen molar-refractivity contribution in [2.45, 2.75) is 71.3 Å². The Hall–Kier alpha value is -0.900. The van der Waals surface area contributed by atoms with Crippen molar-refractivity contribution >= 4 is 0 Å². The van der Waals surface area contributed by atoms with E-state index in [4.69, 9.17) is 10.3 Å². The zero-order valence-corrected chi connectivity index (χ0v) is 11.5. The van der Waals surface area contributed by atoms with Crippen molar-refractivity contribution in [2.24, 2.45) is 5.73 Å². The van der Waals surface area contributed by atoms with Crippen LogP contribution in [-0.2, 0) is 5.54 Å². The standard InChI is InChI=1S/C13H25N3O/c1-5-6-7-8-9-13(4,14)12-15-11(10(2)3)17-16-12/h10H,5-9,14H2,1-4H3. The van der Waals surface area contributed by atoms with Crippen LogP contribution in [0.25, 0.3) is 0 Å². The van der Waals surface area contributed by atoms with E-state index in [-0.39, 0.29) is 5.92 Å². The molecule has 1 aromatic heterocycles. The van der Waals surface area contributed by atoms with Gasteiger partial charge in [-0.15, -0.1) is 0 Å². The third-order valence-electron chi connectivity index (χ3n) is 3.00. The van der Waals surface area contributed by atoms with Crippen LogP contribution in [0.3, 0.4) is 0 Å². The average molecular weight is 239 g/mol. The van der Waals surface area contributed by atoms with E-state index in [2.05, 4.69) is 17.1 Å². The first-order valence-electron chi connectivity index (χ1n) is 6.60. The predicted octanol–water partition coefficient (Wildman–Crippen LogP) is 3.34. The van der Waals surface area contributed by atoms with E-state index in [9.17, 15) is 0 Å². The summed E-state index contributed by atoms with van der Waals surface area (Å²) in [6.45, 7) is 8.25. The first kappa shape index (κ1) is 14.2. The molecule has 0 aliphatic rings. The molecular weight excluding hydrogens is 214 g/mol. The summed E-state index contributed by atoms with van der Waals surface area (Å²) in [5.74, 6) is 1.56. The van der Waals surface area contributed by atoms with Gasteiger partial charge in [0.1, 0.15) is 0 Å². The van der Waals surface area contributed by atoms with Gasteiger partial charge < -0.3 is 10.3 Å². The van der Waals surface area contributed by atoms with Crippen LogP contribution in [0.5, 0.6) is 0 Å². The number of nitrogens with two attached hydrogens (primary N) is 1. The smallest absolute Gasteiger partial charge is 0.229 e. The molecule has 0 fully saturated rings. The van der Waals surface area contributed by atoms with Gasteiger partial charge in [-0.2, -0.15) is 4.98 Å². The highest BCUT2D eigenvalue weighted by molar-refractivity contribution is 5.02. The Morgan fingerprint density at radius 3 is 2.53 bits per heavy atom. The Morgan fingerprint density at radius 2 is 2.00 bits per heavy atom.